The average molecular weight is 542 g/mol. The largest absolute Gasteiger partial charge is 0.445 e. The highest BCUT2D eigenvalue weighted by Crippen LogP contribution is 2.24. The zero-order chi connectivity index (χ0) is 27.0. The van der Waals surface area contributed by atoms with Crippen molar-refractivity contribution < 1.29 is 28.2 Å². The normalized spacial score (nSPS) is 24.0. The van der Waals surface area contributed by atoms with Gasteiger partial charge in [-0.05, 0) is 44.1 Å². The molecule has 2 amide bonds. The Balaban J connectivity index is 1.20. The summed E-state index contributed by atoms with van der Waals surface area (Å²) in [5.41, 5.74) is 0.913. The third kappa shape index (κ3) is 7.21. The number of aromatic nitrogens is 2. The van der Waals surface area contributed by atoms with E-state index in [4.69, 9.17) is 14.2 Å². The molecule has 0 spiro atoms. The van der Waals surface area contributed by atoms with Gasteiger partial charge < -0.3 is 29.3 Å². The quantitative estimate of drug-likeness (QED) is 0.544. The number of carbonyl (C=O) groups excluding carboxylic acids is 2. The Labute approximate surface area is 227 Å². The van der Waals surface area contributed by atoms with E-state index in [1.807, 2.05) is 35.2 Å². The number of nitrogens with zero attached hydrogens (tertiary/aromatic N) is 4. The number of carbonyl (C=O) groups is 2. The summed E-state index contributed by atoms with van der Waals surface area (Å²) < 4.78 is 30.8. The maximum atomic E-state index is 13.2. The average Bonchev–Trinajstić information content (AvgIpc) is 3.52. The molecule has 0 bridgehead atoms. The van der Waals surface area contributed by atoms with Crippen LogP contribution in [0.3, 0.4) is 0 Å². The molecule has 3 fully saturated rings. The number of nitrogens with one attached hydrogen (secondary N) is 1. The van der Waals surface area contributed by atoms with Crippen LogP contribution in [0.2, 0.25) is 0 Å². The Kier molecular flexibility index (Phi) is 9.20. The van der Waals surface area contributed by atoms with Gasteiger partial charge >= 0.3 is 6.09 Å². The molecule has 10 nitrogen and oxygen atoms in total. The van der Waals surface area contributed by atoms with Gasteiger partial charge in [-0.2, -0.15) is 0 Å². The predicted octanol–water partition coefficient (Wildman–Crippen LogP) is 3.07. The van der Waals surface area contributed by atoms with Gasteiger partial charge in [0.15, 0.2) is 5.82 Å². The highest BCUT2D eigenvalue weighted by atomic mass is 19.1. The fraction of sp³-hybridized carbons (Fsp3) is 0.571. The van der Waals surface area contributed by atoms with E-state index >= 15 is 0 Å². The summed E-state index contributed by atoms with van der Waals surface area (Å²) in [4.78, 5) is 38.0. The molecule has 3 atom stereocenters. The summed E-state index contributed by atoms with van der Waals surface area (Å²) in [6, 6.07) is 8.95. The molecule has 3 aliphatic heterocycles. The van der Waals surface area contributed by atoms with E-state index in [-0.39, 0.29) is 37.3 Å². The van der Waals surface area contributed by atoms with E-state index in [1.165, 1.54) is 12.4 Å². The molecule has 3 saturated heterocycles. The second-order valence-corrected chi connectivity index (χ2v) is 10.3. The number of likely N-dealkylation sites (tertiary alicyclic amines) is 1. The molecule has 0 aliphatic carbocycles. The molecule has 1 aromatic carbocycles. The fourth-order valence-corrected chi connectivity index (χ4v) is 5.45. The zero-order valence-electron chi connectivity index (χ0n) is 22.0. The van der Waals surface area contributed by atoms with Crippen LogP contribution in [0.25, 0.3) is 0 Å². The predicted molar refractivity (Wildman–Crippen MR) is 140 cm³/mol. The lowest BCUT2D eigenvalue weighted by Gasteiger charge is -2.42. The van der Waals surface area contributed by atoms with Crippen LogP contribution in [0.4, 0.5) is 15.1 Å². The third-order valence-electron chi connectivity index (χ3n) is 7.60. The van der Waals surface area contributed by atoms with Gasteiger partial charge in [0.2, 0.25) is 11.9 Å². The van der Waals surface area contributed by atoms with Crippen molar-refractivity contribution in [3.8, 4) is 0 Å². The monoisotopic (exact) mass is 541 g/mol. The number of halogens is 1. The summed E-state index contributed by atoms with van der Waals surface area (Å²) >= 11 is 0. The van der Waals surface area contributed by atoms with Crippen molar-refractivity contribution in [3.63, 3.8) is 0 Å². The molecule has 3 aliphatic rings. The Morgan fingerprint density at radius 1 is 1.03 bits per heavy atom. The van der Waals surface area contributed by atoms with Gasteiger partial charge in [0, 0.05) is 26.2 Å². The van der Waals surface area contributed by atoms with E-state index in [0.717, 1.165) is 37.7 Å². The third-order valence-corrected chi connectivity index (χ3v) is 7.60. The Morgan fingerprint density at radius 3 is 2.51 bits per heavy atom. The van der Waals surface area contributed by atoms with Crippen molar-refractivity contribution in [2.45, 2.75) is 69.4 Å². The van der Waals surface area contributed by atoms with Gasteiger partial charge in [-0.3, -0.25) is 4.79 Å². The van der Waals surface area contributed by atoms with Gasteiger partial charge in [0.05, 0.1) is 37.2 Å². The van der Waals surface area contributed by atoms with E-state index in [1.54, 1.807) is 4.90 Å². The molecule has 5 rings (SSSR count). The SMILES string of the molecule is O=C(N[C@H]1CCCN(C(=O)OCc2ccccc2)[C@H]1COC1CCN(c2ncc(F)cn2)CC1)[C@@H]1CCCO1. The van der Waals surface area contributed by atoms with Gasteiger partial charge in [-0.1, -0.05) is 30.3 Å². The van der Waals surface area contributed by atoms with Crippen LogP contribution in [0.5, 0.6) is 0 Å². The van der Waals surface area contributed by atoms with Crippen molar-refractivity contribution in [3.05, 3.63) is 54.1 Å². The van der Waals surface area contributed by atoms with Crippen molar-refractivity contribution >= 4 is 17.9 Å². The Morgan fingerprint density at radius 2 is 1.79 bits per heavy atom. The Bertz CT molecular complexity index is 1080. The van der Waals surface area contributed by atoms with Crippen LogP contribution in [0, 0.1) is 5.82 Å². The molecule has 11 heteroatoms. The smallest absolute Gasteiger partial charge is 0.410 e. The zero-order valence-corrected chi connectivity index (χ0v) is 22.0. The molecule has 0 radical (unpaired) electrons. The van der Waals surface area contributed by atoms with Gasteiger partial charge in [-0.15, -0.1) is 0 Å². The first kappa shape index (κ1) is 27.3. The molecular formula is C28H36FN5O5. The van der Waals surface area contributed by atoms with E-state index in [2.05, 4.69) is 15.3 Å². The van der Waals surface area contributed by atoms with Crippen LogP contribution >= 0.6 is 0 Å². The van der Waals surface area contributed by atoms with E-state index < -0.39 is 18.0 Å². The minimum Gasteiger partial charge on any atom is -0.445 e. The lowest BCUT2D eigenvalue weighted by Crippen LogP contribution is -2.60. The summed E-state index contributed by atoms with van der Waals surface area (Å²) in [6.45, 7) is 2.96. The number of benzene rings is 1. The first-order valence-electron chi connectivity index (χ1n) is 13.8. The van der Waals surface area contributed by atoms with Crippen LogP contribution in [-0.2, 0) is 25.6 Å². The van der Waals surface area contributed by atoms with E-state index in [0.29, 0.717) is 38.6 Å². The van der Waals surface area contributed by atoms with E-state index in [9.17, 15) is 14.0 Å². The van der Waals surface area contributed by atoms with Crippen LogP contribution in [0.15, 0.2) is 42.7 Å². The first-order chi connectivity index (χ1) is 19.1. The number of ether oxygens (including phenoxy) is 3. The minimum atomic E-state index is -0.461. The highest BCUT2D eigenvalue weighted by Gasteiger charge is 2.38. The van der Waals surface area contributed by atoms with Gasteiger partial charge in [-0.25, -0.2) is 19.2 Å². The second-order valence-electron chi connectivity index (χ2n) is 10.3. The Hall–Kier alpha value is -3.31. The standard InChI is InChI=1S/C28H36FN5O5/c29-21-16-30-27(31-17-21)33-13-10-22(11-14-33)38-19-24-23(32-26(35)25-9-5-15-37-25)8-4-12-34(24)28(36)39-18-20-6-2-1-3-7-20/h1-3,6-7,16-17,22-25H,4-5,8-15,18-19H2,(H,32,35)/t23-,24-,25-/m0/s1. The van der Waals surface area contributed by atoms with Crippen molar-refractivity contribution in [1.29, 1.82) is 0 Å². The summed E-state index contributed by atoms with van der Waals surface area (Å²) in [6.07, 6.45) is 6.05. The van der Waals surface area contributed by atoms with Crippen LogP contribution < -0.4 is 10.2 Å². The number of hydrogen-bond donors (Lipinski definition) is 1. The molecule has 4 heterocycles. The van der Waals surface area contributed by atoms with Crippen LogP contribution in [0.1, 0.15) is 44.1 Å². The first-order valence-corrected chi connectivity index (χ1v) is 13.8. The molecule has 1 aromatic heterocycles. The number of hydrogen-bond acceptors (Lipinski definition) is 8. The molecule has 210 valence electrons. The molecule has 0 unspecified atom stereocenters. The number of rotatable bonds is 8. The lowest BCUT2D eigenvalue weighted by molar-refractivity contribution is -0.132. The lowest BCUT2D eigenvalue weighted by atomic mass is 9.96. The highest BCUT2D eigenvalue weighted by molar-refractivity contribution is 5.81. The van der Waals surface area contributed by atoms with Gasteiger partial charge in [0.25, 0.3) is 0 Å². The summed E-state index contributed by atoms with van der Waals surface area (Å²) in [7, 11) is 0. The second kappa shape index (κ2) is 13.2. The molecule has 2 aromatic rings. The molecule has 39 heavy (non-hydrogen) atoms. The van der Waals surface area contributed by atoms with Gasteiger partial charge in [0.1, 0.15) is 12.7 Å². The molecule has 1 N–H and O–H groups in total. The topological polar surface area (TPSA) is 106 Å². The maximum absolute atomic E-state index is 13.2. The minimum absolute atomic E-state index is 0.0136. The summed E-state index contributed by atoms with van der Waals surface area (Å²) in [5, 5.41) is 3.14. The fourth-order valence-electron chi connectivity index (χ4n) is 5.45. The van der Waals surface area contributed by atoms with Crippen molar-refractivity contribution in [2.75, 3.05) is 37.7 Å². The van der Waals surface area contributed by atoms with Crippen molar-refractivity contribution in [2.24, 2.45) is 0 Å². The summed E-state index contributed by atoms with van der Waals surface area (Å²) in [5.74, 6) is -0.0848. The maximum Gasteiger partial charge on any atom is 0.410 e. The van der Waals surface area contributed by atoms with Crippen LogP contribution in [-0.4, -0.2) is 84.0 Å². The number of amides is 2. The number of anilines is 1. The number of piperidine rings is 2. The molecule has 0 saturated carbocycles. The molecular weight excluding hydrogens is 505 g/mol. The van der Waals surface area contributed by atoms with Crippen molar-refractivity contribution in [1.82, 2.24) is 20.2 Å².